The van der Waals surface area contributed by atoms with Gasteiger partial charge in [-0.25, -0.2) is 0 Å². The van der Waals surface area contributed by atoms with Crippen molar-refractivity contribution in [1.29, 1.82) is 0 Å². The number of hydrogen-bond acceptors (Lipinski definition) is 2. The summed E-state index contributed by atoms with van der Waals surface area (Å²) in [4.78, 5) is 0. The van der Waals surface area contributed by atoms with Crippen LogP contribution in [0.1, 0.15) is 39.3 Å². The van der Waals surface area contributed by atoms with E-state index in [4.69, 9.17) is 5.10 Å². The predicted molar refractivity (Wildman–Crippen MR) is 86.1 cm³/mol. The van der Waals surface area contributed by atoms with Gasteiger partial charge in [0.1, 0.15) is 0 Å². The second-order valence-electron chi connectivity index (χ2n) is 5.45. The van der Waals surface area contributed by atoms with Crippen LogP contribution < -0.4 is 5.32 Å². The molecule has 0 aliphatic carbocycles. The molecule has 0 amide bonds. The maximum absolute atomic E-state index is 4.83. The molecular weight excluding hydrogens is 246 g/mol. The zero-order valence-corrected chi connectivity index (χ0v) is 13.0. The van der Waals surface area contributed by atoms with Crippen molar-refractivity contribution in [3.05, 3.63) is 30.0 Å². The van der Waals surface area contributed by atoms with Gasteiger partial charge in [-0.1, -0.05) is 38.5 Å². The van der Waals surface area contributed by atoms with Gasteiger partial charge in [0, 0.05) is 11.9 Å². The number of aromatic nitrogens is 2. The summed E-state index contributed by atoms with van der Waals surface area (Å²) in [6, 6.07) is 8.60. The third-order valence-corrected chi connectivity index (χ3v) is 3.90. The zero-order valence-electron chi connectivity index (χ0n) is 13.0. The molecule has 0 saturated heterocycles. The first-order valence-corrected chi connectivity index (χ1v) is 7.95. The maximum atomic E-state index is 4.83. The fourth-order valence-corrected chi connectivity index (χ4v) is 2.89. The smallest absolute Gasteiger partial charge is 0.0706 e. The molecule has 0 fully saturated rings. The van der Waals surface area contributed by atoms with E-state index in [9.17, 15) is 0 Å². The van der Waals surface area contributed by atoms with E-state index < -0.39 is 0 Å². The Morgan fingerprint density at radius 2 is 2.00 bits per heavy atom. The Hall–Kier alpha value is -1.35. The summed E-state index contributed by atoms with van der Waals surface area (Å²) in [5, 5.41) is 9.64. The summed E-state index contributed by atoms with van der Waals surface area (Å²) >= 11 is 0. The summed E-state index contributed by atoms with van der Waals surface area (Å²) in [6.07, 6.45) is 3.58. The second kappa shape index (κ2) is 7.44. The topological polar surface area (TPSA) is 29.9 Å². The Bertz CT molecular complexity index is 530. The van der Waals surface area contributed by atoms with Crippen LogP contribution in [0.3, 0.4) is 0 Å². The number of benzene rings is 1. The van der Waals surface area contributed by atoms with Crippen LogP contribution in [0.5, 0.6) is 0 Å². The highest BCUT2D eigenvalue weighted by molar-refractivity contribution is 5.81. The van der Waals surface area contributed by atoms with E-state index in [1.807, 2.05) is 0 Å². The molecule has 0 saturated carbocycles. The van der Waals surface area contributed by atoms with Crippen LogP contribution in [0.15, 0.2) is 24.3 Å². The molecule has 3 nitrogen and oxygen atoms in total. The summed E-state index contributed by atoms with van der Waals surface area (Å²) in [5.74, 6) is 0.684. The van der Waals surface area contributed by atoms with E-state index >= 15 is 0 Å². The minimum absolute atomic E-state index is 0.684. The number of rotatable bonds is 8. The molecule has 0 spiro atoms. The van der Waals surface area contributed by atoms with Gasteiger partial charge >= 0.3 is 0 Å². The van der Waals surface area contributed by atoms with Crippen molar-refractivity contribution in [2.45, 2.75) is 46.6 Å². The number of para-hydroxylation sites is 1. The largest absolute Gasteiger partial charge is 0.317 e. The molecule has 20 heavy (non-hydrogen) atoms. The minimum atomic E-state index is 0.684. The van der Waals surface area contributed by atoms with E-state index in [1.54, 1.807) is 0 Å². The number of hydrogen-bond donors (Lipinski definition) is 1. The molecule has 2 rings (SSSR count). The van der Waals surface area contributed by atoms with Crippen molar-refractivity contribution < 1.29 is 0 Å². The molecule has 110 valence electrons. The Morgan fingerprint density at radius 1 is 1.20 bits per heavy atom. The average molecular weight is 273 g/mol. The highest BCUT2D eigenvalue weighted by Gasteiger charge is 2.14. The lowest BCUT2D eigenvalue weighted by Crippen LogP contribution is -2.24. The van der Waals surface area contributed by atoms with Crippen molar-refractivity contribution >= 4 is 10.9 Å². The van der Waals surface area contributed by atoms with Gasteiger partial charge in [-0.3, -0.25) is 4.68 Å². The molecule has 0 aliphatic heterocycles. The highest BCUT2D eigenvalue weighted by atomic mass is 15.3. The number of aryl methyl sites for hydroxylation is 1. The van der Waals surface area contributed by atoms with Gasteiger partial charge < -0.3 is 5.32 Å². The molecule has 1 atom stereocenters. The van der Waals surface area contributed by atoms with Crippen molar-refractivity contribution in [1.82, 2.24) is 15.1 Å². The van der Waals surface area contributed by atoms with E-state index in [1.165, 1.54) is 29.4 Å². The first-order valence-electron chi connectivity index (χ1n) is 7.95. The summed E-state index contributed by atoms with van der Waals surface area (Å²) < 4.78 is 2.13. The van der Waals surface area contributed by atoms with Crippen LogP contribution in [0.2, 0.25) is 0 Å². The van der Waals surface area contributed by atoms with Gasteiger partial charge in [0.05, 0.1) is 11.2 Å². The predicted octanol–water partition coefficient (Wildman–Crippen LogP) is 3.62. The zero-order chi connectivity index (χ0) is 14.4. The van der Waals surface area contributed by atoms with Crippen LogP contribution >= 0.6 is 0 Å². The third-order valence-electron chi connectivity index (χ3n) is 3.90. The van der Waals surface area contributed by atoms with Crippen molar-refractivity contribution in [2.75, 3.05) is 13.1 Å². The maximum Gasteiger partial charge on any atom is 0.0706 e. The second-order valence-corrected chi connectivity index (χ2v) is 5.45. The third kappa shape index (κ3) is 3.40. The fraction of sp³-hybridized carbons (Fsp3) is 0.588. The van der Waals surface area contributed by atoms with Crippen LogP contribution in [-0.2, 0) is 13.0 Å². The Kier molecular flexibility index (Phi) is 5.60. The highest BCUT2D eigenvalue weighted by Crippen LogP contribution is 2.22. The van der Waals surface area contributed by atoms with Crippen LogP contribution in [0, 0.1) is 5.92 Å². The van der Waals surface area contributed by atoms with Crippen LogP contribution in [-0.4, -0.2) is 22.9 Å². The normalized spacial score (nSPS) is 12.9. The van der Waals surface area contributed by atoms with E-state index in [0.717, 1.165) is 26.1 Å². The van der Waals surface area contributed by atoms with Gasteiger partial charge in [0.15, 0.2) is 0 Å². The molecule has 0 bridgehead atoms. The number of nitrogens with zero attached hydrogens (tertiary/aromatic N) is 2. The average Bonchev–Trinajstić information content (AvgIpc) is 2.83. The lowest BCUT2D eigenvalue weighted by atomic mass is 9.96. The first-order chi connectivity index (χ1) is 9.80. The van der Waals surface area contributed by atoms with Gasteiger partial charge in [0.25, 0.3) is 0 Å². The van der Waals surface area contributed by atoms with Gasteiger partial charge in [-0.05, 0) is 44.8 Å². The molecule has 0 radical (unpaired) electrons. The fourth-order valence-electron chi connectivity index (χ4n) is 2.89. The molecule has 0 aliphatic rings. The number of fused-ring (bicyclic) bond motifs is 1. The van der Waals surface area contributed by atoms with Crippen LogP contribution in [0.25, 0.3) is 10.9 Å². The van der Waals surface area contributed by atoms with Crippen molar-refractivity contribution in [2.24, 2.45) is 5.92 Å². The first kappa shape index (κ1) is 15.0. The summed E-state index contributed by atoms with van der Waals surface area (Å²) in [5.41, 5.74) is 2.53. The SMILES string of the molecule is CCCC(CNCC)Cc1nn(CC)c2ccccc12. The van der Waals surface area contributed by atoms with E-state index in [-0.39, 0.29) is 0 Å². The molecule has 1 aromatic carbocycles. The molecule has 1 N–H and O–H groups in total. The standard InChI is InChI=1S/C17H27N3/c1-4-9-14(13-18-5-2)12-16-15-10-7-8-11-17(15)20(6-3)19-16/h7-8,10-11,14,18H,4-6,9,12-13H2,1-3H3. The monoisotopic (exact) mass is 273 g/mol. The van der Waals surface area contributed by atoms with E-state index in [0.29, 0.717) is 5.92 Å². The Labute approximate surface area is 122 Å². The molecule has 1 aromatic heterocycles. The van der Waals surface area contributed by atoms with E-state index in [2.05, 4.69) is 55.0 Å². The number of nitrogens with one attached hydrogen (secondary N) is 1. The van der Waals surface area contributed by atoms with Crippen molar-refractivity contribution in [3.63, 3.8) is 0 Å². The minimum Gasteiger partial charge on any atom is -0.317 e. The lowest BCUT2D eigenvalue weighted by Gasteiger charge is -2.15. The van der Waals surface area contributed by atoms with Gasteiger partial charge in [-0.15, -0.1) is 0 Å². The lowest BCUT2D eigenvalue weighted by molar-refractivity contribution is 0.439. The van der Waals surface area contributed by atoms with Gasteiger partial charge in [-0.2, -0.15) is 5.10 Å². The molecule has 1 heterocycles. The molecule has 1 unspecified atom stereocenters. The molecule has 3 heteroatoms. The molecule has 2 aromatic rings. The summed E-state index contributed by atoms with van der Waals surface area (Å²) in [7, 11) is 0. The van der Waals surface area contributed by atoms with Gasteiger partial charge in [0.2, 0.25) is 0 Å². The quantitative estimate of drug-likeness (QED) is 0.796. The van der Waals surface area contributed by atoms with Crippen molar-refractivity contribution in [3.8, 4) is 0 Å². The summed E-state index contributed by atoms with van der Waals surface area (Å²) in [6.45, 7) is 9.67. The Balaban J connectivity index is 2.22. The van der Waals surface area contributed by atoms with Crippen LogP contribution in [0.4, 0.5) is 0 Å². The molecular formula is C17H27N3. The Morgan fingerprint density at radius 3 is 2.70 bits per heavy atom.